The SMILES string of the molecule is CC1=CCCN(S(=O)(=O)c2cc(S(C)(=O)=O)ccc2F)C1. The van der Waals surface area contributed by atoms with Gasteiger partial charge >= 0.3 is 0 Å². The van der Waals surface area contributed by atoms with Crippen LogP contribution in [-0.4, -0.2) is 40.5 Å². The van der Waals surface area contributed by atoms with Crippen LogP contribution in [0.2, 0.25) is 0 Å². The lowest BCUT2D eigenvalue weighted by atomic mass is 10.2. The minimum Gasteiger partial charge on any atom is -0.224 e. The molecule has 0 aliphatic carbocycles. The quantitative estimate of drug-likeness (QED) is 0.622. The number of sulfone groups is 1. The van der Waals surface area contributed by atoms with Crippen molar-refractivity contribution in [2.45, 2.75) is 23.1 Å². The Morgan fingerprint density at radius 2 is 1.86 bits per heavy atom. The summed E-state index contributed by atoms with van der Waals surface area (Å²) >= 11 is 0. The topological polar surface area (TPSA) is 71.5 Å². The fraction of sp³-hybridized carbons (Fsp3) is 0.385. The molecule has 0 saturated carbocycles. The molecule has 0 amide bonds. The van der Waals surface area contributed by atoms with E-state index in [1.807, 2.05) is 6.08 Å². The number of hydrogen-bond acceptors (Lipinski definition) is 4. The molecule has 0 spiro atoms. The first-order valence-electron chi connectivity index (χ1n) is 6.28. The van der Waals surface area contributed by atoms with Crippen LogP contribution in [0, 0.1) is 5.82 Å². The van der Waals surface area contributed by atoms with E-state index in [1.165, 1.54) is 0 Å². The second-order valence-electron chi connectivity index (χ2n) is 5.04. The molecule has 21 heavy (non-hydrogen) atoms. The molecule has 0 unspecified atom stereocenters. The standard InChI is InChI=1S/C13H16FNO4S2/c1-10-4-3-7-15(9-10)21(18,19)13-8-11(20(2,16)17)5-6-12(13)14/h4-6,8H,3,7,9H2,1-2H3. The zero-order valence-electron chi connectivity index (χ0n) is 11.7. The molecular weight excluding hydrogens is 317 g/mol. The third kappa shape index (κ3) is 3.33. The molecule has 5 nitrogen and oxygen atoms in total. The van der Waals surface area contributed by atoms with Gasteiger partial charge in [-0.05, 0) is 31.5 Å². The zero-order chi connectivity index (χ0) is 15.8. The van der Waals surface area contributed by atoms with Crippen LogP contribution >= 0.6 is 0 Å². The number of benzene rings is 1. The van der Waals surface area contributed by atoms with E-state index in [9.17, 15) is 21.2 Å². The number of sulfonamides is 1. The summed E-state index contributed by atoms with van der Waals surface area (Å²) in [6.45, 7) is 2.23. The number of nitrogens with zero attached hydrogens (tertiary/aromatic N) is 1. The van der Waals surface area contributed by atoms with Crippen molar-refractivity contribution >= 4 is 19.9 Å². The molecule has 0 radical (unpaired) electrons. The number of halogens is 1. The summed E-state index contributed by atoms with van der Waals surface area (Å²) in [4.78, 5) is -0.813. The fourth-order valence-corrected chi connectivity index (χ4v) is 4.44. The number of hydrogen-bond donors (Lipinski definition) is 0. The molecule has 116 valence electrons. The molecule has 1 aliphatic rings. The molecule has 1 heterocycles. The molecule has 0 N–H and O–H groups in total. The van der Waals surface area contributed by atoms with Crippen molar-refractivity contribution in [2.75, 3.05) is 19.3 Å². The highest BCUT2D eigenvalue weighted by Crippen LogP contribution is 2.25. The highest BCUT2D eigenvalue weighted by molar-refractivity contribution is 7.91. The summed E-state index contributed by atoms with van der Waals surface area (Å²) in [6.07, 6.45) is 3.43. The van der Waals surface area contributed by atoms with Crippen molar-refractivity contribution in [3.05, 3.63) is 35.7 Å². The van der Waals surface area contributed by atoms with Gasteiger partial charge in [0, 0.05) is 19.3 Å². The molecule has 8 heteroatoms. The Balaban J connectivity index is 2.52. The van der Waals surface area contributed by atoms with Crippen LogP contribution in [0.25, 0.3) is 0 Å². The van der Waals surface area contributed by atoms with E-state index < -0.39 is 30.6 Å². The Kier molecular flexibility index (Phi) is 4.23. The van der Waals surface area contributed by atoms with Crippen LogP contribution in [0.3, 0.4) is 0 Å². The van der Waals surface area contributed by atoms with Crippen molar-refractivity contribution in [3.8, 4) is 0 Å². The van der Waals surface area contributed by atoms with Crippen LogP contribution in [-0.2, 0) is 19.9 Å². The molecule has 1 aromatic carbocycles. The molecule has 0 atom stereocenters. The minimum atomic E-state index is -4.06. The van der Waals surface area contributed by atoms with Crippen LogP contribution in [0.4, 0.5) is 4.39 Å². The third-order valence-electron chi connectivity index (χ3n) is 3.25. The van der Waals surface area contributed by atoms with E-state index >= 15 is 0 Å². The van der Waals surface area contributed by atoms with Gasteiger partial charge in [0.2, 0.25) is 10.0 Å². The Morgan fingerprint density at radius 3 is 2.43 bits per heavy atom. The molecule has 1 aliphatic heterocycles. The largest absolute Gasteiger partial charge is 0.246 e. The first-order chi connectivity index (χ1) is 9.62. The van der Waals surface area contributed by atoms with Crippen molar-refractivity contribution in [1.82, 2.24) is 4.31 Å². The van der Waals surface area contributed by atoms with Crippen molar-refractivity contribution in [3.63, 3.8) is 0 Å². The third-order valence-corrected chi connectivity index (χ3v) is 6.22. The minimum absolute atomic E-state index is 0.185. The van der Waals surface area contributed by atoms with E-state index in [0.29, 0.717) is 6.42 Å². The van der Waals surface area contributed by atoms with Gasteiger partial charge < -0.3 is 0 Å². The molecule has 1 aromatic rings. The first-order valence-corrected chi connectivity index (χ1v) is 9.61. The predicted octanol–water partition coefficient (Wildman–Crippen LogP) is 1.57. The van der Waals surface area contributed by atoms with Gasteiger partial charge in [-0.2, -0.15) is 4.31 Å². The Hall–Kier alpha value is -1.25. The van der Waals surface area contributed by atoms with Crippen LogP contribution in [0.5, 0.6) is 0 Å². The maximum absolute atomic E-state index is 13.9. The lowest BCUT2D eigenvalue weighted by Crippen LogP contribution is -2.35. The van der Waals surface area contributed by atoms with E-state index in [-0.39, 0.29) is 18.0 Å². The maximum atomic E-state index is 13.9. The van der Waals surface area contributed by atoms with E-state index in [2.05, 4.69) is 0 Å². The highest BCUT2D eigenvalue weighted by Gasteiger charge is 2.29. The summed E-state index contributed by atoms with van der Waals surface area (Å²) in [7, 11) is -7.66. The van der Waals surface area contributed by atoms with Gasteiger partial charge in [0.15, 0.2) is 9.84 Å². The van der Waals surface area contributed by atoms with E-state index in [0.717, 1.165) is 34.3 Å². The average Bonchev–Trinajstić information content (AvgIpc) is 2.37. The fourth-order valence-electron chi connectivity index (χ4n) is 2.13. The Labute approximate surface area is 124 Å². The summed E-state index contributed by atoms with van der Waals surface area (Å²) in [5, 5.41) is 0. The monoisotopic (exact) mass is 333 g/mol. The van der Waals surface area contributed by atoms with Crippen molar-refractivity contribution in [1.29, 1.82) is 0 Å². The van der Waals surface area contributed by atoms with E-state index in [1.54, 1.807) is 6.92 Å². The smallest absolute Gasteiger partial charge is 0.224 e. The van der Waals surface area contributed by atoms with Crippen molar-refractivity contribution < 1.29 is 21.2 Å². The van der Waals surface area contributed by atoms with Gasteiger partial charge in [0.05, 0.1) is 4.90 Å². The average molecular weight is 333 g/mol. The van der Waals surface area contributed by atoms with Gasteiger partial charge in [-0.1, -0.05) is 11.6 Å². The Bertz CT molecular complexity index is 797. The summed E-state index contributed by atoms with van der Waals surface area (Å²) in [6, 6.07) is 2.81. The normalized spacial score (nSPS) is 17.6. The van der Waals surface area contributed by atoms with Crippen LogP contribution < -0.4 is 0 Å². The zero-order valence-corrected chi connectivity index (χ0v) is 13.3. The van der Waals surface area contributed by atoms with Crippen LogP contribution in [0.15, 0.2) is 39.6 Å². The van der Waals surface area contributed by atoms with Gasteiger partial charge in [0.25, 0.3) is 0 Å². The molecule has 0 saturated heterocycles. The first kappa shape index (κ1) is 16.1. The lowest BCUT2D eigenvalue weighted by molar-refractivity contribution is 0.423. The molecule has 0 bridgehead atoms. The summed E-state index contributed by atoms with van der Waals surface area (Å²) in [5.41, 5.74) is 0.879. The van der Waals surface area contributed by atoms with Gasteiger partial charge in [0.1, 0.15) is 10.7 Å². The highest BCUT2D eigenvalue weighted by atomic mass is 32.2. The second-order valence-corrected chi connectivity index (χ2v) is 8.96. The lowest BCUT2D eigenvalue weighted by Gasteiger charge is -2.25. The molecule has 0 aromatic heterocycles. The molecule has 0 fully saturated rings. The van der Waals surface area contributed by atoms with Crippen molar-refractivity contribution in [2.24, 2.45) is 0 Å². The number of rotatable bonds is 3. The Morgan fingerprint density at radius 1 is 1.19 bits per heavy atom. The summed E-state index contributed by atoms with van der Waals surface area (Å²) < 4.78 is 63.1. The second kappa shape index (κ2) is 5.51. The van der Waals surface area contributed by atoms with Gasteiger partial charge in [-0.15, -0.1) is 0 Å². The maximum Gasteiger partial charge on any atom is 0.246 e. The molecular formula is C13H16FNO4S2. The van der Waals surface area contributed by atoms with Crippen LogP contribution in [0.1, 0.15) is 13.3 Å². The van der Waals surface area contributed by atoms with Gasteiger partial charge in [-0.3, -0.25) is 0 Å². The predicted molar refractivity (Wildman–Crippen MR) is 76.6 cm³/mol. The molecule has 2 rings (SSSR count). The van der Waals surface area contributed by atoms with Gasteiger partial charge in [-0.25, -0.2) is 21.2 Å². The van der Waals surface area contributed by atoms with E-state index in [4.69, 9.17) is 0 Å². The summed E-state index contributed by atoms with van der Waals surface area (Å²) in [5.74, 6) is -0.949.